The summed E-state index contributed by atoms with van der Waals surface area (Å²) in [5.41, 5.74) is 1.26. The summed E-state index contributed by atoms with van der Waals surface area (Å²) < 4.78 is 15.8. The predicted octanol–water partition coefficient (Wildman–Crippen LogP) is 1.53. The molecular formula is C18H17N3O5. The Morgan fingerprint density at radius 1 is 1.00 bits per heavy atom. The minimum Gasteiger partial charge on any atom is -0.454 e. The third kappa shape index (κ3) is 3.31. The number of aromatic nitrogens is 1. The molecule has 1 saturated heterocycles. The summed E-state index contributed by atoms with van der Waals surface area (Å²) in [5, 5.41) is 2.77. The van der Waals surface area contributed by atoms with Crippen molar-refractivity contribution >= 4 is 17.5 Å². The molecule has 2 amide bonds. The largest absolute Gasteiger partial charge is 0.454 e. The summed E-state index contributed by atoms with van der Waals surface area (Å²) in [6, 6.07) is 6.69. The van der Waals surface area contributed by atoms with Crippen molar-refractivity contribution < 1.29 is 23.8 Å². The van der Waals surface area contributed by atoms with Crippen LogP contribution in [0.4, 0.5) is 5.69 Å². The van der Waals surface area contributed by atoms with Crippen LogP contribution >= 0.6 is 0 Å². The number of rotatable bonds is 3. The van der Waals surface area contributed by atoms with E-state index in [4.69, 9.17) is 14.2 Å². The Balaban J connectivity index is 1.48. The van der Waals surface area contributed by atoms with Crippen LogP contribution in [0.5, 0.6) is 11.5 Å². The van der Waals surface area contributed by atoms with E-state index in [0.29, 0.717) is 54.6 Å². The van der Waals surface area contributed by atoms with Gasteiger partial charge in [-0.3, -0.25) is 14.6 Å². The van der Waals surface area contributed by atoms with Gasteiger partial charge in [-0.1, -0.05) is 0 Å². The van der Waals surface area contributed by atoms with E-state index in [9.17, 15) is 9.59 Å². The number of carbonyl (C=O) groups excluding carboxylic acids is 2. The molecule has 2 aliphatic rings. The van der Waals surface area contributed by atoms with Gasteiger partial charge < -0.3 is 24.4 Å². The lowest BCUT2D eigenvalue weighted by Gasteiger charge is -2.26. The average Bonchev–Trinajstić information content (AvgIpc) is 3.16. The molecule has 0 atom stereocenters. The maximum atomic E-state index is 12.5. The molecule has 0 unspecified atom stereocenters. The highest BCUT2D eigenvalue weighted by Crippen LogP contribution is 2.34. The van der Waals surface area contributed by atoms with Crippen LogP contribution in [0.1, 0.15) is 20.7 Å². The van der Waals surface area contributed by atoms with Crippen LogP contribution in [0.2, 0.25) is 0 Å². The molecule has 2 aliphatic heterocycles. The fourth-order valence-electron chi connectivity index (χ4n) is 2.81. The van der Waals surface area contributed by atoms with Gasteiger partial charge in [0, 0.05) is 37.2 Å². The number of nitrogens with one attached hydrogen (secondary N) is 1. The molecule has 0 spiro atoms. The van der Waals surface area contributed by atoms with Crippen LogP contribution in [-0.2, 0) is 4.74 Å². The van der Waals surface area contributed by atoms with Crippen LogP contribution < -0.4 is 14.8 Å². The van der Waals surface area contributed by atoms with E-state index >= 15 is 0 Å². The monoisotopic (exact) mass is 355 g/mol. The van der Waals surface area contributed by atoms with Gasteiger partial charge in [0.1, 0.15) is 0 Å². The number of amides is 2. The van der Waals surface area contributed by atoms with E-state index in [0.717, 1.165) is 0 Å². The minimum absolute atomic E-state index is 0.154. The molecule has 26 heavy (non-hydrogen) atoms. The van der Waals surface area contributed by atoms with E-state index in [1.165, 1.54) is 12.4 Å². The Labute approximate surface area is 149 Å². The third-order valence-corrected chi connectivity index (χ3v) is 4.18. The number of hydrogen-bond donors (Lipinski definition) is 1. The lowest BCUT2D eigenvalue weighted by molar-refractivity contribution is 0.0302. The van der Waals surface area contributed by atoms with Gasteiger partial charge in [0.05, 0.1) is 24.3 Å². The Morgan fingerprint density at radius 3 is 2.62 bits per heavy atom. The molecule has 8 nitrogen and oxygen atoms in total. The van der Waals surface area contributed by atoms with Gasteiger partial charge in [-0.05, 0) is 18.2 Å². The Kier molecular flexibility index (Phi) is 4.40. The second kappa shape index (κ2) is 7.01. The van der Waals surface area contributed by atoms with Gasteiger partial charge in [-0.25, -0.2) is 0 Å². The Hall–Kier alpha value is -3.13. The number of nitrogens with zero attached hydrogens (tertiary/aromatic N) is 2. The number of pyridine rings is 1. The summed E-state index contributed by atoms with van der Waals surface area (Å²) in [4.78, 5) is 30.8. The third-order valence-electron chi connectivity index (χ3n) is 4.18. The number of benzene rings is 1. The van der Waals surface area contributed by atoms with E-state index in [2.05, 4.69) is 10.3 Å². The predicted molar refractivity (Wildman–Crippen MR) is 91.5 cm³/mol. The summed E-state index contributed by atoms with van der Waals surface area (Å²) in [6.45, 7) is 2.27. The number of ether oxygens (including phenoxy) is 3. The van der Waals surface area contributed by atoms with Gasteiger partial charge in [0.15, 0.2) is 11.5 Å². The molecule has 1 N–H and O–H groups in total. The first-order chi connectivity index (χ1) is 12.7. The fourth-order valence-corrected chi connectivity index (χ4v) is 2.81. The first-order valence-corrected chi connectivity index (χ1v) is 8.24. The van der Waals surface area contributed by atoms with Crippen molar-refractivity contribution in [1.82, 2.24) is 9.88 Å². The lowest BCUT2D eigenvalue weighted by atomic mass is 10.1. The zero-order valence-corrected chi connectivity index (χ0v) is 13.9. The van der Waals surface area contributed by atoms with Gasteiger partial charge in [-0.15, -0.1) is 0 Å². The molecule has 0 saturated carbocycles. The lowest BCUT2D eigenvalue weighted by Crippen LogP contribution is -2.40. The normalized spacial score (nSPS) is 15.6. The van der Waals surface area contributed by atoms with Gasteiger partial charge in [0.25, 0.3) is 11.8 Å². The average molecular weight is 355 g/mol. The van der Waals surface area contributed by atoms with Crippen molar-refractivity contribution in [3.8, 4) is 11.5 Å². The Bertz CT molecular complexity index is 848. The molecule has 2 aromatic rings. The zero-order valence-electron chi connectivity index (χ0n) is 13.9. The topological polar surface area (TPSA) is 90.0 Å². The number of fused-ring (bicyclic) bond motifs is 1. The van der Waals surface area contributed by atoms with E-state index in [1.54, 1.807) is 29.2 Å². The van der Waals surface area contributed by atoms with E-state index in [-0.39, 0.29) is 18.6 Å². The van der Waals surface area contributed by atoms with Crippen molar-refractivity contribution in [3.63, 3.8) is 0 Å². The maximum absolute atomic E-state index is 12.5. The summed E-state index contributed by atoms with van der Waals surface area (Å²) in [6.07, 6.45) is 2.90. The summed E-state index contributed by atoms with van der Waals surface area (Å²) in [5.74, 6) is 0.714. The summed E-state index contributed by atoms with van der Waals surface area (Å²) in [7, 11) is 0. The zero-order chi connectivity index (χ0) is 17.9. The minimum atomic E-state index is -0.354. The van der Waals surface area contributed by atoms with Crippen molar-refractivity contribution in [3.05, 3.63) is 47.8 Å². The highest BCUT2D eigenvalue weighted by Gasteiger charge is 2.20. The summed E-state index contributed by atoms with van der Waals surface area (Å²) >= 11 is 0. The van der Waals surface area contributed by atoms with Gasteiger partial charge >= 0.3 is 0 Å². The number of anilines is 1. The molecule has 3 heterocycles. The van der Waals surface area contributed by atoms with E-state index in [1.807, 2.05) is 0 Å². The molecule has 8 heteroatoms. The molecule has 134 valence electrons. The molecule has 0 bridgehead atoms. The molecule has 1 aromatic carbocycles. The first-order valence-electron chi connectivity index (χ1n) is 8.24. The first kappa shape index (κ1) is 16.3. The molecule has 1 fully saturated rings. The van der Waals surface area contributed by atoms with Crippen LogP contribution in [-0.4, -0.2) is 54.8 Å². The van der Waals surface area contributed by atoms with Crippen molar-refractivity contribution in [1.29, 1.82) is 0 Å². The molecule has 1 aromatic heterocycles. The van der Waals surface area contributed by atoms with Crippen LogP contribution in [0, 0.1) is 0 Å². The van der Waals surface area contributed by atoms with E-state index < -0.39 is 0 Å². The second-order valence-electron chi connectivity index (χ2n) is 5.89. The van der Waals surface area contributed by atoms with Crippen LogP contribution in [0.3, 0.4) is 0 Å². The Morgan fingerprint density at radius 2 is 1.77 bits per heavy atom. The molecule has 0 radical (unpaired) electrons. The van der Waals surface area contributed by atoms with Crippen molar-refractivity contribution in [2.24, 2.45) is 0 Å². The second-order valence-corrected chi connectivity index (χ2v) is 5.89. The van der Waals surface area contributed by atoms with Crippen molar-refractivity contribution in [2.75, 3.05) is 38.4 Å². The highest BCUT2D eigenvalue weighted by atomic mass is 16.7. The standard InChI is InChI=1S/C18H17N3O5/c22-17(20-14-1-2-15-16(8-14)26-11-25-15)12-7-13(10-19-9-12)18(23)21-3-5-24-6-4-21/h1-2,7-10H,3-6,11H2,(H,20,22). The number of hydrogen-bond acceptors (Lipinski definition) is 6. The number of carbonyl (C=O) groups is 2. The van der Waals surface area contributed by atoms with Gasteiger partial charge in [0.2, 0.25) is 6.79 Å². The smallest absolute Gasteiger partial charge is 0.257 e. The van der Waals surface area contributed by atoms with Gasteiger partial charge in [-0.2, -0.15) is 0 Å². The maximum Gasteiger partial charge on any atom is 0.257 e. The quantitative estimate of drug-likeness (QED) is 0.898. The molecular weight excluding hydrogens is 338 g/mol. The number of morpholine rings is 1. The molecule has 0 aliphatic carbocycles. The highest BCUT2D eigenvalue weighted by molar-refractivity contribution is 6.06. The molecule has 4 rings (SSSR count). The van der Waals surface area contributed by atoms with Crippen LogP contribution in [0.25, 0.3) is 0 Å². The fraction of sp³-hybridized carbons (Fsp3) is 0.278. The van der Waals surface area contributed by atoms with Crippen LogP contribution in [0.15, 0.2) is 36.7 Å². The SMILES string of the molecule is O=C(Nc1ccc2c(c1)OCO2)c1cncc(C(=O)N2CCOCC2)c1. The van der Waals surface area contributed by atoms with Crippen molar-refractivity contribution in [2.45, 2.75) is 0 Å².